The molecule has 1 atom stereocenters. The fraction of sp³-hybridized carbons (Fsp3) is 0.348. The van der Waals surface area contributed by atoms with Gasteiger partial charge in [0.15, 0.2) is 5.69 Å². The van der Waals surface area contributed by atoms with Gasteiger partial charge in [0.25, 0.3) is 11.5 Å². The van der Waals surface area contributed by atoms with Gasteiger partial charge in [-0.15, -0.1) is 0 Å². The molecule has 5 heteroatoms. The number of amides is 1. The van der Waals surface area contributed by atoms with E-state index < -0.39 is 0 Å². The van der Waals surface area contributed by atoms with E-state index in [1.807, 2.05) is 6.07 Å². The summed E-state index contributed by atoms with van der Waals surface area (Å²) in [6, 6.07) is 15.3. The molecule has 3 aromatic rings. The third kappa shape index (κ3) is 3.84. The zero-order chi connectivity index (χ0) is 20.4. The molecular weight excluding hydrogens is 350 g/mol. The topological polar surface area (TPSA) is 64.0 Å². The largest absolute Gasteiger partial charge is 0.344 e. The summed E-state index contributed by atoms with van der Waals surface area (Å²) in [6.45, 7) is 8.47. The summed E-state index contributed by atoms with van der Waals surface area (Å²) in [5, 5.41) is 8.42. The molecule has 1 aromatic heterocycles. The second-order valence-corrected chi connectivity index (χ2v) is 7.84. The van der Waals surface area contributed by atoms with Crippen molar-refractivity contribution in [1.82, 2.24) is 15.1 Å². The number of fused-ring (bicyclic) bond motifs is 1. The van der Waals surface area contributed by atoms with Crippen LogP contribution >= 0.6 is 0 Å². The summed E-state index contributed by atoms with van der Waals surface area (Å²) in [7, 11) is 1.57. The van der Waals surface area contributed by atoms with Gasteiger partial charge in [-0.25, -0.2) is 4.68 Å². The molecule has 0 aliphatic rings. The number of aryl methyl sites for hydroxylation is 1. The van der Waals surface area contributed by atoms with Gasteiger partial charge in [0.05, 0.1) is 11.4 Å². The Kier molecular flexibility index (Phi) is 5.63. The predicted molar refractivity (Wildman–Crippen MR) is 113 cm³/mol. The van der Waals surface area contributed by atoms with Crippen LogP contribution in [0.1, 0.15) is 61.3 Å². The van der Waals surface area contributed by atoms with Gasteiger partial charge in [-0.2, -0.15) is 5.10 Å². The lowest BCUT2D eigenvalue weighted by Gasteiger charge is -2.23. The highest BCUT2D eigenvalue weighted by Crippen LogP contribution is 2.25. The van der Waals surface area contributed by atoms with Crippen LogP contribution in [0.2, 0.25) is 0 Å². The average Bonchev–Trinajstić information content (AvgIpc) is 2.68. The number of carbonyl (C=O) groups is 1. The van der Waals surface area contributed by atoms with Crippen molar-refractivity contribution in [2.75, 3.05) is 0 Å². The van der Waals surface area contributed by atoms with E-state index in [2.05, 4.69) is 62.4 Å². The smallest absolute Gasteiger partial charge is 0.274 e. The first kappa shape index (κ1) is 19.8. The monoisotopic (exact) mass is 377 g/mol. The van der Waals surface area contributed by atoms with Crippen LogP contribution in [-0.2, 0) is 7.05 Å². The number of nitrogens with one attached hydrogen (secondary N) is 1. The SMILES string of the molecule is CC(C)c1ccc([C@@H](NC(=O)c2nn(C)c(=O)c3ccccc23)C(C)C)cc1. The second kappa shape index (κ2) is 7.97. The van der Waals surface area contributed by atoms with Crippen molar-refractivity contribution >= 4 is 16.7 Å². The highest BCUT2D eigenvalue weighted by Gasteiger charge is 2.22. The minimum Gasteiger partial charge on any atom is -0.344 e. The standard InChI is InChI=1S/C23H27N3O2/c1-14(2)16-10-12-17(13-11-16)20(15(3)4)24-22(27)21-18-8-6-7-9-19(18)23(28)26(5)25-21/h6-15,20H,1-5H3,(H,24,27)/t20-/m0/s1. The maximum atomic E-state index is 13.1. The van der Waals surface area contributed by atoms with E-state index in [-0.39, 0.29) is 29.1 Å². The minimum absolute atomic E-state index is 0.147. The maximum Gasteiger partial charge on any atom is 0.274 e. The molecule has 5 nitrogen and oxygen atoms in total. The number of rotatable bonds is 5. The third-order valence-electron chi connectivity index (χ3n) is 5.09. The second-order valence-electron chi connectivity index (χ2n) is 7.84. The van der Waals surface area contributed by atoms with Crippen LogP contribution in [0.3, 0.4) is 0 Å². The van der Waals surface area contributed by atoms with E-state index in [0.717, 1.165) is 5.56 Å². The van der Waals surface area contributed by atoms with E-state index in [4.69, 9.17) is 0 Å². The molecule has 1 amide bonds. The first-order valence-electron chi connectivity index (χ1n) is 9.66. The van der Waals surface area contributed by atoms with Crippen LogP contribution in [-0.4, -0.2) is 15.7 Å². The molecule has 28 heavy (non-hydrogen) atoms. The van der Waals surface area contributed by atoms with Crippen molar-refractivity contribution in [1.29, 1.82) is 0 Å². The molecular formula is C23H27N3O2. The minimum atomic E-state index is -0.279. The molecule has 1 heterocycles. The van der Waals surface area contributed by atoms with Crippen molar-refractivity contribution in [2.24, 2.45) is 13.0 Å². The van der Waals surface area contributed by atoms with Gasteiger partial charge < -0.3 is 5.32 Å². The van der Waals surface area contributed by atoms with Gasteiger partial charge in [-0.3, -0.25) is 9.59 Å². The van der Waals surface area contributed by atoms with E-state index in [9.17, 15) is 9.59 Å². The van der Waals surface area contributed by atoms with Gasteiger partial charge in [0.1, 0.15) is 0 Å². The average molecular weight is 377 g/mol. The molecule has 3 rings (SSSR count). The summed E-state index contributed by atoms with van der Waals surface area (Å²) >= 11 is 0. The molecule has 0 fully saturated rings. The zero-order valence-corrected chi connectivity index (χ0v) is 17.1. The van der Waals surface area contributed by atoms with Gasteiger partial charge in [-0.1, -0.05) is 70.2 Å². The number of hydrogen-bond acceptors (Lipinski definition) is 3. The van der Waals surface area contributed by atoms with Crippen molar-refractivity contribution in [2.45, 2.75) is 39.7 Å². The highest BCUT2D eigenvalue weighted by atomic mass is 16.2. The number of carbonyl (C=O) groups excluding carboxylic acids is 1. The van der Waals surface area contributed by atoms with Crippen LogP contribution in [0.4, 0.5) is 0 Å². The van der Waals surface area contributed by atoms with Crippen LogP contribution in [0.25, 0.3) is 10.8 Å². The lowest BCUT2D eigenvalue weighted by Crippen LogP contribution is -2.34. The fourth-order valence-electron chi connectivity index (χ4n) is 3.40. The summed E-state index contributed by atoms with van der Waals surface area (Å²) in [4.78, 5) is 25.4. The van der Waals surface area contributed by atoms with Crippen molar-refractivity contribution < 1.29 is 4.79 Å². The molecule has 1 N–H and O–H groups in total. The van der Waals surface area contributed by atoms with E-state index in [1.165, 1.54) is 10.2 Å². The Morgan fingerprint density at radius 1 is 0.929 bits per heavy atom. The Balaban J connectivity index is 1.97. The lowest BCUT2D eigenvalue weighted by molar-refractivity contribution is 0.0920. The van der Waals surface area contributed by atoms with E-state index in [0.29, 0.717) is 16.7 Å². The molecule has 0 bridgehead atoms. The normalized spacial score (nSPS) is 12.5. The van der Waals surface area contributed by atoms with Gasteiger partial charge in [-0.05, 0) is 29.0 Å². The van der Waals surface area contributed by atoms with Crippen molar-refractivity contribution in [3.8, 4) is 0 Å². The summed E-state index contributed by atoms with van der Waals surface area (Å²) < 4.78 is 1.22. The van der Waals surface area contributed by atoms with Crippen molar-refractivity contribution in [3.63, 3.8) is 0 Å². The Bertz CT molecular complexity index is 1050. The Morgan fingerprint density at radius 2 is 1.50 bits per heavy atom. The molecule has 0 saturated heterocycles. The quantitative estimate of drug-likeness (QED) is 0.725. The molecule has 146 valence electrons. The van der Waals surface area contributed by atoms with Crippen LogP contribution in [0.15, 0.2) is 53.3 Å². The Morgan fingerprint density at radius 3 is 2.07 bits per heavy atom. The Labute approximate surface area is 165 Å². The summed E-state index contributed by atoms with van der Waals surface area (Å²) in [5.41, 5.74) is 2.38. The molecule has 0 saturated carbocycles. The highest BCUT2D eigenvalue weighted by molar-refractivity contribution is 6.04. The first-order valence-corrected chi connectivity index (χ1v) is 9.66. The number of nitrogens with zero attached hydrogens (tertiary/aromatic N) is 2. The summed E-state index contributed by atoms with van der Waals surface area (Å²) in [5.74, 6) is 0.383. The molecule has 0 spiro atoms. The first-order chi connectivity index (χ1) is 13.3. The Hall–Kier alpha value is -2.95. The van der Waals surface area contributed by atoms with Crippen molar-refractivity contribution in [3.05, 3.63) is 75.7 Å². The van der Waals surface area contributed by atoms with Gasteiger partial charge in [0.2, 0.25) is 0 Å². The maximum absolute atomic E-state index is 13.1. The predicted octanol–water partition coefficient (Wildman–Crippen LogP) is 4.18. The molecule has 2 aromatic carbocycles. The molecule has 0 radical (unpaired) electrons. The van der Waals surface area contributed by atoms with Crippen LogP contribution in [0.5, 0.6) is 0 Å². The van der Waals surface area contributed by atoms with Gasteiger partial charge >= 0.3 is 0 Å². The van der Waals surface area contributed by atoms with Gasteiger partial charge in [0, 0.05) is 12.4 Å². The number of benzene rings is 2. The summed E-state index contributed by atoms with van der Waals surface area (Å²) in [6.07, 6.45) is 0. The number of hydrogen-bond donors (Lipinski definition) is 1. The lowest BCUT2D eigenvalue weighted by atomic mass is 9.93. The van der Waals surface area contributed by atoms with E-state index in [1.54, 1.807) is 25.2 Å². The van der Waals surface area contributed by atoms with Crippen LogP contribution < -0.4 is 10.9 Å². The zero-order valence-electron chi connectivity index (χ0n) is 17.1. The van der Waals surface area contributed by atoms with E-state index >= 15 is 0 Å². The molecule has 0 unspecified atom stereocenters. The third-order valence-corrected chi connectivity index (χ3v) is 5.09. The van der Waals surface area contributed by atoms with Crippen LogP contribution in [0, 0.1) is 5.92 Å². The molecule has 0 aliphatic carbocycles. The molecule has 0 aliphatic heterocycles. The fourth-order valence-corrected chi connectivity index (χ4v) is 3.40. The number of aromatic nitrogens is 2.